The molecule has 0 radical (unpaired) electrons. The third-order valence-electron chi connectivity index (χ3n) is 3.36. The number of hydrogen-bond donors (Lipinski definition) is 2. The molecule has 0 unspecified atom stereocenters. The molecular weight excluding hydrogens is 490 g/mol. The third kappa shape index (κ3) is 5.73. The zero-order valence-corrected chi connectivity index (χ0v) is 17.7. The molecule has 1 aromatic carbocycles. The molecule has 0 fully saturated rings. The van der Waals surface area contributed by atoms with Gasteiger partial charge in [-0.25, -0.2) is 9.38 Å². The molecule has 2 rings (SSSR count). The van der Waals surface area contributed by atoms with Crippen molar-refractivity contribution in [3.8, 4) is 0 Å². The number of nitrogens with zero attached hydrogens (tertiary/aromatic N) is 2. The second-order valence-electron chi connectivity index (χ2n) is 5.10. The van der Waals surface area contributed by atoms with Crippen LogP contribution in [0.1, 0.15) is 29.5 Å². The number of benzene rings is 1. The number of aliphatic imine (C=N–C) groups is 1. The highest BCUT2D eigenvalue weighted by Crippen LogP contribution is 2.17. The van der Waals surface area contributed by atoms with Crippen LogP contribution in [-0.4, -0.2) is 17.7 Å². The Kier molecular flexibility index (Phi) is 8.68. The molecule has 0 amide bonds. The van der Waals surface area contributed by atoms with Crippen LogP contribution >= 0.6 is 39.9 Å². The molecule has 2 N–H and O–H groups in total. The third-order valence-corrected chi connectivity index (χ3v) is 4.00. The maximum absolute atomic E-state index is 13.5. The van der Waals surface area contributed by atoms with Crippen molar-refractivity contribution in [3.05, 3.63) is 51.1 Å². The lowest BCUT2D eigenvalue weighted by atomic mass is 10.2. The van der Waals surface area contributed by atoms with Crippen molar-refractivity contribution in [2.75, 3.05) is 6.54 Å². The number of rotatable bonds is 5. The van der Waals surface area contributed by atoms with Crippen LogP contribution in [-0.2, 0) is 13.1 Å². The van der Waals surface area contributed by atoms with E-state index in [0.29, 0.717) is 23.5 Å². The molecule has 2 aromatic rings. The summed E-state index contributed by atoms with van der Waals surface area (Å²) in [5.41, 5.74) is 2.69. The Morgan fingerprint density at radius 1 is 1.33 bits per heavy atom. The topological polar surface area (TPSA) is 62.5 Å². The number of hydrogen-bond acceptors (Lipinski definition) is 3. The molecule has 0 aliphatic heterocycles. The molecule has 8 heteroatoms. The lowest BCUT2D eigenvalue weighted by Crippen LogP contribution is -2.37. The molecule has 1 heterocycles. The van der Waals surface area contributed by atoms with E-state index in [0.717, 1.165) is 29.1 Å². The van der Waals surface area contributed by atoms with Gasteiger partial charge in [-0.15, -0.1) is 24.0 Å². The highest BCUT2D eigenvalue weighted by atomic mass is 127. The highest BCUT2D eigenvalue weighted by Gasteiger charge is 2.09. The number of halogens is 3. The summed E-state index contributed by atoms with van der Waals surface area (Å²) in [6, 6.07) is 5.00. The average molecular weight is 511 g/mol. The van der Waals surface area contributed by atoms with Gasteiger partial charge in [0.25, 0.3) is 0 Å². The van der Waals surface area contributed by atoms with E-state index in [-0.39, 0.29) is 29.8 Å². The fraction of sp³-hybridized carbons (Fsp3) is 0.375. The van der Waals surface area contributed by atoms with E-state index in [1.165, 1.54) is 6.07 Å². The van der Waals surface area contributed by atoms with Crippen molar-refractivity contribution >= 4 is 45.9 Å². The van der Waals surface area contributed by atoms with Crippen molar-refractivity contribution in [3.63, 3.8) is 0 Å². The maximum Gasteiger partial charge on any atom is 0.191 e. The minimum Gasteiger partial charge on any atom is -0.361 e. The highest BCUT2D eigenvalue weighted by molar-refractivity contribution is 14.0. The molecule has 132 valence electrons. The monoisotopic (exact) mass is 510 g/mol. The van der Waals surface area contributed by atoms with Gasteiger partial charge in [0.2, 0.25) is 0 Å². The Morgan fingerprint density at radius 3 is 2.67 bits per heavy atom. The van der Waals surface area contributed by atoms with Crippen LogP contribution in [0.5, 0.6) is 0 Å². The molecule has 0 aliphatic carbocycles. The van der Waals surface area contributed by atoms with Crippen LogP contribution in [0.4, 0.5) is 4.39 Å². The van der Waals surface area contributed by atoms with Crippen molar-refractivity contribution in [1.29, 1.82) is 0 Å². The molecule has 5 nitrogen and oxygen atoms in total. The standard InChI is InChI=1S/C16H20BrFN4O.HI/c1-4-19-16(21-9-13-10(2)22-23-11(13)3)20-8-12-5-6-14(17)15(18)7-12;/h5-7H,4,8-9H2,1-3H3,(H2,19,20,21);1H. The number of aromatic nitrogens is 1. The molecule has 0 spiro atoms. The van der Waals surface area contributed by atoms with E-state index in [1.54, 1.807) is 6.07 Å². The van der Waals surface area contributed by atoms with Crippen molar-refractivity contribution in [2.24, 2.45) is 4.99 Å². The lowest BCUT2D eigenvalue weighted by Gasteiger charge is -2.11. The normalized spacial score (nSPS) is 11.1. The predicted molar refractivity (Wildman–Crippen MR) is 107 cm³/mol. The average Bonchev–Trinajstić information content (AvgIpc) is 2.84. The minimum absolute atomic E-state index is 0. The van der Waals surface area contributed by atoms with Gasteiger partial charge in [-0.2, -0.15) is 0 Å². The van der Waals surface area contributed by atoms with Gasteiger partial charge in [0.1, 0.15) is 11.6 Å². The first-order chi connectivity index (χ1) is 11.0. The molecule has 0 saturated heterocycles. The van der Waals surface area contributed by atoms with Crippen molar-refractivity contribution < 1.29 is 8.91 Å². The summed E-state index contributed by atoms with van der Waals surface area (Å²) in [6.45, 7) is 7.48. The SMILES string of the molecule is CCNC(=NCc1ccc(Br)c(F)c1)NCc1c(C)noc1C.I. The summed E-state index contributed by atoms with van der Waals surface area (Å²) < 4.78 is 19.1. The summed E-state index contributed by atoms with van der Waals surface area (Å²) in [5.74, 6) is 1.17. The van der Waals surface area contributed by atoms with Gasteiger partial charge in [-0.05, 0) is 54.4 Å². The van der Waals surface area contributed by atoms with Crippen LogP contribution in [0, 0.1) is 19.7 Å². The maximum atomic E-state index is 13.5. The van der Waals surface area contributed by atoms with Gasteiger partial charge in [-0.1, -0.05) is 11.2 Å². The summed E-state index contributed by atoms with van der Waals surface area (Å²) in [6.07, 6.45) is 0. The van der Waals surface area contributed by atoms with Crippen LogP contribution < -0.4 is 10.6 Å². The molecular formula is C16H21BrFIN4O. The van der Waals surface area contributed by atoms with Gasteiger partial charge in [0, 0.05) is 18.7 Å². The van der Waals surface area contributed by atoms with Gasteiger partial charge in [-0.3, -0.25) is 0 Å². The fourth-order valence-corrected chi connectivity index (χ4v) is 2.32. The minimum atomic E-state index is -0.286. The fourth-order valence-electron chi connectivity index (χ4n) is 2.08. The summed E-state index contributed by atoms with van der Waals surface area (Å²) in [5, 5.41) is 10.3. The second-order valence-corrected chi connectivity index (χ2v) is 5.95. The van der Waals surface area contributed by atoms with E-state index in [9.17, 15) is 4.39 Å². The molecule has 0 atom stereocenters. The van der Waals surface area contributed by atoms with Crippen molar-refractivity contribution in [2.45, 2.75) is 33.9 Å². The molecule has 24 heavy (non-hydrogen) atoms. The van der Waals surface area contributed by atoms with Crippen molar-refractivity contribution in [1.82, 2.24) is 15.8 Å². The smallest absolute Gasteiger partial charge is 0.191 e. The summed E-state index contributed by atoms with van der Waals surface area (Å²) in [7, 11) is 0. The lowest BCUT2D eigenvalue weighted by molar-refractivity contribution is 0.392. The van der Waals surface area contributed by atoms with Crippen LogP contribution in [0.15, 0.2) is 32.2 Å². The zero-order chi connectivity index (χ0) is 16.8. The Labute approximate surface area is 166 Å². The molecule has 0 bridgehead atoms. The van der Waals surface area contributed by atoms with E-state index in [1.807, 2.05) is 26.8 Å². The quantitative estimate of drug-likeness (QED) is 0.361. The van der Waals surface area contributed by atoms with E-state index < -0.39 is 0 Å². The van der Waals surface area contributed by atoms with Gasteiger partial charge in [0.05, 0.1) is 16.7 Å². The molecule has 0 saturated carbocycles. The Bertz CT molecular complexity index is 686. The largest absolute Gasteiger partial charge is 0.361 e. The first kappa shape index (κ1) is 20.9. The van der Waals surface area contributed by atoms with E-state index in [4.69, 9.17) is 4.52 Å². The first-order valence-electron chi connectivity index (χ1n) is 7.39. The van der Waals surface area contributed by atoms with Gasteiger partial charge < -0.3 is 15.2 Å². The summed E-state index contributed by atoms with van der Waals surface area (Å²) in [4.78, 5) is 4.47. The van der Waals surface area contributed by atoms with E-state index >= 15 is 0 Å². The van der Waals surface area contributed by atoms with Crippen LogP contribution in [0.2, 0.25) is 0 Å². The van der Waals surface area contributed by atoms with Crippen LogP contribution in [0.3, 0.4) is 0 Å². The Morgan fingerprint density at radius 2 is 2.08 bits per heavy atom. The van der Waals surface area contributed by atoms with E-state index in [2.05, 4.69) is 36.7 Å². The van der Waals surface area contributed by atoms with Crippen LogP contribution in [0.25, 0.3) is 0 Å². The summed E-state index contributed by atoms with van der Waals surface area (Å²) >= 11 is 3.14. The Balaban J connectivity index is 0.00000288. The molecule has 0 aliphatic rings. The molecule has 1 aromatic heterocycles. The Hall–Kier alpha value is -1.16. The number of guanidine groups is 1. The zero-order valence-electron chi connectivity index (χ0n) is 13.8. The van der Waals surface area contributed by atoms with Gasteiger partial charge in [0.15, 0.2) is 5.96 Å². The van der Waals surface area contributed by atoms with Gasteiger partial charge >= 0.3 is 0 Å². The second kappa shape index (κ2) is 9.97. The predicted octanol–water partition coefficient (Wildman–Crippen LogP) is 4.07. The number of aryl methyl sites for hydroxylation is 2. The number of nitrogens with one attached hydrogen (secondary N) is 2. The first-order valence-corrected chi connectivity index (χ1v) is 8.18.